The molecule has 12 heteroatoms. The third-order valence-electron chi connectivity index (χ3n) is 8.90. The van der Waals surface area contributed by atoms with E-state index in [-0.39, 0.29) is 35.3 Å². The number of aromatic hydroxyl groups is 1. The molecule has 0 saturated heterocycles. The van der Waals surface area contributed by atoms with Crippen LogP contribution in [0.5, 0.6) is 5.75 Å². The van der Waals surface area contributed by atoms with E-state index in [0.29, 0.717) is 17.7 Å². The van der Waals surface area contributed by atoms with E-state index < -0.39 is 58.0 Å². The highest BCUT2D eigenvalue weighted by Gasteiger charge is 2.64. The Morgan fingerprint density at radius 2 is 1.80 bits per heavy atom. The first kappa shape index (κ1) is 31.7. The molecule has 44 heavy (non-hydrogen) atoms. The maximum atomic E-state index is 14.2. The highest BCUT2D eigenvalue weighted by molar-refractivity contribution is 7.15. The largest absolute Gasteiger partial charge is 0.508 e. The third-order valence-corrected chi connectivity index (χ3v) is 10.0. The fourth-order valence-electron chi connectivity index (χ4n) is 6.85. The number of aliphatic hydroxyl groups is 3. The number of aliphatic hydroxyl groups excluding tert-OH is 2. The highest BCUT2D eigenvalue weighted by Crippen LogP contribution is 2.55. The lowest BCUT2D eigenvalue weighted by atomic mass is 9.57. The topological polar surface area (TPSA) is 177 Å². The monoisotopic (exact) mass is 624 g/mol. The van der Waals surface area contributed by atoms with E-state index in [9.17, 15) is 34.8 Å². The average Bonchev–Trinajstić information content (AvgIpc) is 3.37. The molecule has 1 saturated carbocycles. The van der Waals surface area contributed by atoms with Crippen LogP contribution in [0.4, 0.5) is 5.69 Å². The van der Waals surface area contributed by atoms with E-state index in [1.54, 1.807) is 14.1 Å². The number of phenols is 1. The molecule has 11 nitrogen and oxygen atoms in total. The summed E-state index contributed by atoms with van der Waals surface area (Å²) >= 11 is 1.49. The van der Waals surface area contributed by atoms with Crippen molar-refractivity contribution < 1.29 is 34.8 Å². The molecule has 0 radical (unpaired) electrons. The molecule has 1 aromatic carbocycles. The van der Waals surface area contributed by atoms with Gasteiger partial charge in [0, 0.05) is 58.7 Å². The van der Waals surface area contributed by atoms with Gasteiger partial charge in [-0.15, -0.1) is 11.3 Å². The fraction of sp³-hybridized carbons (Fsp3) is 0.469. The van der Waals surface area contributed by atoms with Crippen LogP contribution in [-0.2, 0) is 27.3 Å². The first-order valence-corrected chi connectivity index (χ1v) is 15.3. The zero-order valence-electron chi connectivity index (χ0n) is 26.0. The van der Waals surface area contributed by atoms with Gasteiger partial charge >= 0.3 is 0 Å². The summed E-state index contributed by atoms with van der Waals surface area (Å²) in [7, 11) is 6.85. The summed E-state index contributed by atoms with van der Waals surface area (Å²) in [6.07, 6.45) is 0.261. The van der Waals surface area contributed by atoms with Crippen LogP contribution < -0.4 is 16.0 Å². The predicted octanol–water partition coefficient (Wildman–Crippen LogP) is 2.65. The number of benzene rings is 1. The Morgan fingerprint density at radius 1 is 1.14 bits per heavy atom. The van der Waals surface area contributed by atoms with Gasteiger partial charge < -0.3 is 36.4 Å². The van der Waals surface area contributed by atoms with Gasteiger partial charge in [-0.05, 0) is 77.4 Å². The molecule has 3 aliphatic rings. The average molecular weight is 625 g/mol. The number of nitrogens with two attached hydrogens (primary N) is 1. The summed E-state index contributed by atoms with van der Waals surface area (Å²) < 4.78 is 0. The molecular weight excluding hydrogens is 584 g/mol. The molecule has 0 spiro atoms. The second-order valence-corrected chi connectivity index (χ2v) is 14.5. The molecule has 7 N–H and O–H groups in total. The van der Waals surface area contributed by atoms with Gasteiger partial charge in [0.2, 0.25) is 5.78 Å². The van der Waals surface area contributed by atoms with Crippen molar-refractivity contribution in [3.8, 4) is 16.2 Å². The highest BCUT2D eigenvalue weighted by atomic mass is 32.1. The molecule has 0 aliphatic heterocycles. The maximum absolute atomic E-state index is 14.2. The number of rotatable bonds is 6. The second kappa shape index (κ2) is 10.7. The van der Waals surface area contributed by atoms with Crippen LogP contribution in [0.15, 0.2) is 35.1 Å². The molecule has 1 amide bonds. The summed E-state index contributed by atoms with van der Waals surface area (Å²) in [6, 6.07) is 4.60. The Hall–Kier alpha value is -3.71. The Morgan fingerprint density at radius 3 is 2.36 bits per heavy atom. The summed E-state index contributed by atoms with van der Waals surface area (Å²) in [5, 5.41) is 49.8. The number of fused-ring (bicyclic) bond motifs is 3. The Balaban J connectivity index is 1.69. The van der Waals surface area contributed by atoms with Crippen molar-refractivity contribution in [2.75, 3.05) is 33.1 Å². The molecule has 236 valence electrons. The standard InChI is InChI=1S/C32H40N4O7S/c1-31(2,3)34-13-15-8-9-20(44-15)17-12-19(35(4)5)16-10-14-11-18-24(36(6)7)27(39)23(30(33)42)29(41)32(18,43)28(40)21(14)26(38)22(16)25(17)37/h8-9,12,14,18,24,34,37-38,41,43H,10-11,13H2,1-7H3,(H2,33,42). The maximum Gasteiger partial charge on any atom is 0.255 e. The minimum atomic E-state index is -2.68. The Kier molecular flexibility index (Phi) is 7.73. The first-order chi connectivity index (χ1) is 20.4. The number of hydrogen-bond donors (Lipinski definition) is 6. The molecule has 5 rings (SSSR count). The van der Waals surface area contributed by atoms with Gasteiger partial charge in [-0.2, -0.15) is 0 Å². The van der Waals surface area contributed by atoms with E-state index >= 15 is 0 Å². The van der Waals surface area contributed by atoms with E-state index in [1.807, 2.05) is 37.2 Å². The summed E-state index contributed by atoms with van der Waals surface area (Å²) in [5.74, 6) is -6.65. The van der Waals surface area contributed by atoms with Gasteiger partial charge in [-0.3, -0.25) is 19.3 Å². The van der Waals surface area contributed by atoms with E-state index in [1.165, 1.54) is 16.2 Å². The molecule has 1 fully saturated rings. The molecule has 3 aliphatic carbocycles. The lowest BCUT2D eigenvalue weighted by Crippen LogP contribution is -2.65. The number of likely N-dealkylation sites (N-methyl/N-ethyl adjacent to an activating group) is 1. The quantitative estimate of drug-likeness (QED) is 0.262. The number of thiophene rings is 1. The minimum Gasteiger partial charge on any atom is -0.508 e. The normalized spacial score (nSPS) is 25.2. The lowest BCUT2D eigenvalue weighted by molar-refractivity contribution is -0.153. The van der Waals surface area contributed by atoms with E-state index in [4.69, 9.17) is 5.73 Å². The molecule has 1 aromatic heterocycles. The van der Waals surface area contributed by atoms with Crippen LogP contribution >= 0.6 is 11.3 Å². The van der Waals surface area contributed by atoms with Crippen molar-refractivity contribution in [2.45, 2.75) is 57.3 Å². The van der Waals surface area contributed by atoms with Crippen LogP contribution in [-0.4, -0.2) is 88.2 Å². The van der Waals surface area contributed by atoms with Crippen molar-refractivity contribution >= 4 is 40.3 Å². The number of nitrogens with one attached hydrogen (secondary N) is 1. The number of Topliss-reactive ketones (excluding diaryl/α,β-unsaturated/α-hetero) is 2. The summed E-state index contributed by atoms with van der Waals surface area (Å²) in [4.78, 5) is 44.9. The van der Waals surface area contributed by atoms with Gasteiger partial charge in [0.05, 0.1) is 11.6 Å². The smallest absolute Gasteiger partial charge is 0.255 e. The molecule has 1 heterocycles. The number of carbonyl (C=O) groups is 3. The van der Waals surface area contributed by atoms with Gasteiger partial charge in [0.1, 0.15) is 22.8 Å². The number of primary amides is 1. The minimum absolute atomic E-state index is 0.0379. The van der Waals surface area contributed by atoms with E-state index in [2.05, 4.69) is 26.1 Å². The van der Waals surface area contributed by atoms with Crippen LogP contribution in [0, 0.1) is 11.8 Å². The summed E-state index contributed by atoms with van der Waals surface area (Å²) in [6.45, 7) is 6.85. The summed E-state index contributed by atoms with van der Waals surface area (Å²) in [5.41, 5.74) is 3.55. The number of anilines is 1. The number of phenolic OH excluding ortho intramolecular Hbond substituents is 1. The van der Waals surface area contributed by atoms with Crippen LogP contribution in [0.3, 0.4) is 0 Å². The number of amides is 1. The van der Waals surface area contributed by atoms with Crippen molar-refractivity contribution in [1.29, 1.82) is 0 Å². The lowest BCUT2D eigenvalue weighted by Gasteiger charge is -2.50. The van der Waals surface area contributed by atoms with Crippen LogP contribution in [0.2, 0.25) is 0 Å². The zero-order valence-corrected chi connectivity index (χ0v) is 26.8. The molecule has 4 atom stereocenters. The molecule has 0 bridgehead atoms. The van der Waals surface area contributed by atoms with Gasteiger partial charge in [0.15, 0.2) is 11.4 Å². The van der Waals surface area contributed by atoms with E-state index in [0.717, 1.165) is 15.4 Å². The fourth-order valence-corrected chi connectivity index (χ4v) is 7.81. The van der Waals surface area contributed by atoms with Crippen molar-refractivity contribution in [2.24, 2.45) is 17.6 Å². The number of carbonyl (C=O) groups excluding carboxylic acids is 3. The SMILES string of the molecule is CN(C)c1cc(-c2ccc(CNC(C)(C)C)s2)c(O)c2c1CC1CC3C(N(C)C)C(=O)C(C(N)=O)=C(O)C3(O)C(=O)C1=C2O. The van der Waals surface area contributed by atoms with Crippen molar-refractivity contribution in [3.63, 3.8) is 0 Å². The number of ketones is 2. The van der Waals surface area contributed by atoms with Gasteiger partial charge in [0.25, 0.3) is 5.91 Å². The van der Waals surface area contributed by atoms with Crippen LogP contribution in [0.25, 0.3) is 16.2 Å². The molecule has 4 unspecified atom stereocenters. The Bertz CT molecular complexity index is 1650. The predicted molar refractivity (Wildman–Crippen MR) is 168 cm³/mol. The molecular formula is C32H40N4O7S. The van der Waals surface area contributed by atoms with Crippen molar-refractivity contribution in [1.82, 2.24) is 10.2 Å². The zero-order chi connectivity index (χ0) is 32.6. The third kappa shape index (κ3) is 4.80. The number of nitrogens with zero attached hydrogens (tertiary/aromatic N) is 2. The Labute approximate surface area is 260 Å². The second-order valence-electron chi connectivity index (χ2n) is 13.4. The van der Waals surface area contributed by atoms with Gasteiger partial charge in [-0.1, -0.05) is 0 Å². The number of hydrogen-bond acceptors (Lipinski definition) is 11. The van der Waals surface area contributed by atoms with Gasteiger partial charge in [-0.25, -0.2) is 0 Å². The molecule has 2 aromatic rings. The van der Waals surface area contributed by atoms with Crippen molar-refractivity contribution in [3.05, 3.63) is 51.1 Å². The van der Waals surface area contributed by atoms with Crippen LogP contribution in [0.1, 0.15) is 43.2 Å². The first-order valence-electron chi connectivity index (χ1n) is 14.4.